The minimum Gasteiger partial charge on any atom is -0.468 e. The molecule has 0 radical (unpaired) electrons. The Labute approximate surface area is 175 Å². The fraction of sp³-hybridized carbons (Fsp3) is 0.227. The van der Waals surface area contributed by atoms with Crippen LogP contribution in [0.1, 0.15) is 16.9 Å². The molecule has 0 saturated carbocycles. The van der Waals surface area contributed by atoms with Crippen LogP contribution in [0.4, 0.5) is 4.39 Å². The molecule has 1 N–H and O–H groups in total. The van der Waals surface area contributed by atoms with Gasteiger partial charge in [0, 0.05) is 6.54 Å². The van der Waals surface area contributed by atoms with Gasteiger partial charge in [-0.1, -0.05) is 35.9 Å². The number of furan rings is 1. The first-order valence-electron chi connectivity index (χ1n) is 9.45. The predicted octanol–water partition coefficient (Wildman–Crippen LogP) is 3.28. The van der Waals surface area contributed by atoms with Crippen LogP contribution >= 0.6 is 0 Å². The SMILES string of the molecule is Cc1ccc(S(=O)(=O)N(CC(=O)NCCc2ccccc2F)Cc2ccco2)cc1. The van der Waals surface area contributed by atoms with Crippen LogP contribution < -0.4 is 5.32 Å². The minimum absolute atomic E-state index is 0.0794. The van der Waals surface area contributed by atoms with Gasteiger partial charge in [0.05, 0.1) is 24.2 Å². The number of halogens is 1. The summed E-state index contributed by atoms with van der Waals surface area (Å²) in [6.45, 7) is 1.59. The van der Waals surface area contributed by atoms with Crippen LogP contribution in [0.2, 0.25) is 0 Å². The second-order valence-electron chi connectivity index (χ2n) is 6.86. The number of hydrogen-bond donors (Lipinski definition) is 1. The van der Waals surface area contributed by atoms with Gasteiger partial charge in [0.25, 0.3) is 0 Å². The Morgan fingerprint density at radius 2 is 1.80 bits per heavy atom. The summed E-state index contributed by atoms with van der Waals surface area (Å²) in [5.41, 5.74) is 1.41. The van der Waals surface area contributed by atoms with Crippen molar-refractivity contribution in [3.63, 3.8) is 0 Å². The van der Waals surface area contributed by atoms with E-state index >= 15 is 0 Å². The summed E-state index contributed by atoms with van der Waals surface area (Å²) in [6, 6.07) is 16.0. The van der Waals surface area contributed by atoms with Gasteiger partial charge in [-0.3, -0.25) is 4.79 Å². The molecule has 158 valence electrons. The zero-order chi connectivity index (χ0) is 21.6. The molecule has 0 aliphatic rings. The molecule has 8 heteroatoms. The molecule has 0 spiro atoms. The molecule has 0 fully saturated rings. The third-order valence-electron chi connectivity index (χ3n) is 4.57. The van der Waals surface area contributed by atoms with Gasteiger partial charge in [0.1, 0.15) is 11.6 Å². The number of aryl methyl sites for hydroxylation is 1. The number of carbonyl (C=O) groups excluding carboxylic acids is 1. The van der Waals surface area contributed by atoms with E-state index in [9.17, 15) is 17.6 Å². The van der Waals surface area contributed by atoms with Gasteiger partial charge >= 0.3 is 0 Å². The second kappa shape index (κ2) is 9.69. The maximum atomic E-state index is 13.7. The number of sulfonamides is 1. The summed E-state index contributed by atoms with van der Waals surface area (Å²) in [7, 11) is -3.92. The molecule has 1 aromatic heterocycles. The molecule has 1 amide bonds. The first kappa shape index (κ1) is 21.7. The van der Waals surface area contributed by atoms with Crippen LogP contribution in [0.15, 0.2) is 76.2 Å². The average molecular weight is 431 g/mol. The zero-order valence-electron chi connectivity index (χ0n) is 16.5. The molecule has 3 aromatic rings. The molecular formula is C22H23FN2O4S. The highest BCUT2D eigenvalue weighted by Gasteiger charge is 2.27. The topological polar surface area (TPSA) is 79.6 Å². The summed E-state index contributed by atoms with van der Waals surface area (Å²) in [6.07, 6.45) is 1.75. The standard InChI is InChI=1S/C22H23FN2O4S/c1-17-8-10-20(11-9-17)30(27,28)25(15-19-6-4-14-29-19)16-22(26)24-13-12-18-5-2-3-7-21(18)23/h2-11,14H,12-13,15-16H2,1H3,(H,24,26). The van der Waals surface area contributed by atoms with Crippen LogP contribution in [0.5, 0.6) is 0 Å². The van der Waals surface area contributed by atoms with E-state index in [0.29, 0.717) is 17.7 Å². The molecule has 0 atom stereocenters. The van der Waals surface area contributed by atoms with Crippen LogP contribution in [0, 0.1) is 12.7 Å². The molecule has 0 bridgehead atoms. The molecule has 0 aliphatic carbocycles. The molecule has 0 aliphatic heterocycles. The maximum absolute atomic E-state index is 13.7. The lowest BCUT2D eigenvalue weighted by Gasteiger charge is -2.21. The fourth-order valence-electron chi connectivity index (χ4n) is 2.92. The smallest absolute Gasteiger partial charge is 0.243 e. The van der Waals surface area contributed by atoms with Crippen LogP contribution in [0.3, 0.4) is 0 Å². The maximum Gasteiger partial charge on any atom is 0.243 e. The van der Waals surface area contributed by atoms with E-state index in [2.05, 4.69) is 5.32 Å². The predicted molar refractivity (Wildman–Crippen MR) is 111 cm³/mol. The Hall–Kier alpha value is -2.97. The van der Waals surface area contributed by atoms with Crippen molar-refractivity contribution in [3.8, 4) is 0 Å². The second-order valence-corrected chi connectivity index (χ2v) is 8.79. The number of benzene rings is 2. The number of amides is 1. The molecule has 0 saturated heterocycles. The Morgan fingerprint density at radius 3 is 2.47 bits per heavy atom. The number of nitrogens with one attached hydrogen (secondary N) is 1. The van der Waals surface area contributed by atoms with E-state index < -0.39 is 15.9 Å². The molecule has 2 aromatic carbocycles. The van der Waals surface area contributed by atoms with Crippen LogP contribution in [-0.4, -0.2) is 31.7 Å². The Balaban J connectivity index is 1.70. The van der Waals surface area contributed by atoms with E-state index in [1.165, 1.54) is 24.5 Å². The van der Waals surface area contributed by atoms with E-state index in [-0.39, 0.29) is 30.3 Å². The molecule has 6 nitrogen and oxygen atoms in total. The molecule has 3 rings (SSSR count). The molecule has 0 unspecified atom stereocenters. The number of carbonyl (C=O) groups is 1. The summed E-state index contributed by atoms with van der Waals surface area (Å²) in [5, 5.41) is 2.66. The normalized spacial score (nSPS) is 11.6. The lowest BCUT2D eigenvalue weighted by atomic mass is 10.1. The van der Waals surface area contributed by atoms with Crippen molar-refractivity contribution >= 4 is 15.9 Å². The van der Waals surface area contributed by atoms with Gasteiger partial charge in [-0.05, 0) is 49.2 Å². The third-order valence-corrected chi connectivity index (χ3v) is 6.37. The van der Waals surface area contributed by atoms with Crippen molar-refractivity contribution in [2.24, 2.45) is 0 Å². The average Bonchev–Trinajstić information content (AvgIpc) is 3.22. The minimum atomic E-state index is -3.92. The molecule has 30 heavy (non-hydrogen) atoms. The van der Waals surface area contributed by atoms with Gasteiger partial charge in [-0.25, -0.2) is 12.8 Å². The van der Waals surface area contributed by atoms with Crippen molar-refractivity contribution in [1.29, 1.82) is 0 Å². The number of hydrogen-bond acceptors (Lipinski definition) is 4. The first-order chi connectivity index (χ1) is 14.4. The highest BCUT2D eigenvalue weighted by atomic mass is 32.2. The molecule has 1 heterocycles. The van der Waals surface area contributed by atoms with E-state index in [1.807, 2.05) is 6.92 Å². The van der Waals surface area contributed by atoms with E-state index in [4.69, 9.17) is 4.42 Å². The van der Waals surface area contributed by atoms with Crippen molar-refractivity contribution in [2.75, 3.05) is 13.1 Å². The quantitative estimate of drug-likeness (QED) is 0.565. The Bertz CT molecular complexity index is 1080. The van der Waals surface area contributed by atoms with Gasteiger partial charge in [-0.2, -0.15) is 4.31 Å². The van der Waals surface area contributed by atoms with Crippen molar-refractivity contribution in [1.82, 2.24) is 9.62 Å². The van der Waals surface area contributed by atoms with Gasteiger partial charge in [-0.15, -0.1) is 0 Å². The summed E-state index contributed by atoms with van der Waals surface area (Å²) >= 11 is 0. The van der Waals surface area contributed by atoms with Crippen LogP contribution in [0.25, 0.3) is 0 Å². The zero-order valence-corrected chi connectivity index (χ0v) is 17.4. The largest absolute Gasteiger partial charge is 0.468 e. The number of nitrogens with zero attached hydrogens (tertiary/aromatic N) is 1. The third kappa shape index (κ3) is 5.55. The summed E-state index contributed by atoms with van der Waals surface area (Å²) in [5.74, 6) is -0.397. The highest BCUT2D eigenvalue weighted by molar-refractivity contribution is 7.89. The highest BCUT2D eigenvalue weighted by Crippen LogP contribution is 2.19. The van der Waals surface area contributed by atoms with Crippen molar-refractivity contribution in [2.45, 2.75) is 24.8 Å². The lowest BCUT2D eigenvalue weighted by molar-refractivity contribution is -0.121. The Kier molecular flexibility index (Phi) is 7.02. The van der Waals surface area contributed by atoms with E-state index in [1.54, 1.807) is 42.5 Å². The fourth-order valence-corrected chi connectivity index (χ4v) is 4.28. The lowest BCUT2D eigenvalue weighted by Crippen LogP contribution is -2.40. The van der Waals surface area contributed by atoms with Crippen molar-refractivity contribution in [3.05, 3.63) is 89.6 Å². The molecular weight excluding hydrogens is 407 g/mol. The van der Waals surface area contributed by atoms with Crippen LogP contribution in [-0.2, 0) is 27.8 Å². The van der Waals surface area contributed by atoms with E-state index in [0.717, 1.165) is 9.87 Å². The van der Waals surface area contributed by atoms with Gasteiger partial charge in [0.15, 0.2) is 0 Å². The summed E-state index contributed by atoms with van der Waals surface area (Å²) in [4.78, 5) is 12.5. The summed E-state index contributed by atoms with van der Waals surface area (Å²) < 4.78 is 46.2. The van der Waals surface area contributed by atoms with Gasteiger partial charge < -0.3 is 9.73 Å². The van der Waals surface area contributed by atoms with Gasteiger partial charge in [0.2, 0.25) is 15.9 Å². The van der Waals surface area contributed by atoms with Crippen molar-refractivity contribution < 1.29 is 22.0 Å². The first-order valence-corrected chi connectivity index (χ1v) is 10.9. The number of rotatable bonds is 9. The monoisotopic (exact) mass is 430 g/mol. The Morgan fingerprint density at radius 1 is 1.07 bits per heavy atom.